The minimum absolute atomic E-state index is 0.00814. The highest BCUT2D eigenvalue weighted by molar-refractivity contribution is 7.13. The van der Waals surface area contributed by atoms with Gasteiger partial charge in [0.2, 0.25) is 5.91 Å². The van der Waals surface area contributed by atoms with Gasteiger partial charge in [-0.3, -0.25) is 14.4 Å². The molecule has 144 valence electrons. The quantitative estimate of drug-likeness (QED) is 0.640. The van der Waals surface area contributed by atoms with Gasteiger partial charge in [0.15, 0.2) is 5.13 Å². The lowest BCUT2D eigenvalue weighted by molar-refractivity contribution is -0.116. The number of pyridine rings is 1. The Morgan fingerprint density at radius 2 is 2.07 bits per heavy atom. The lowest BCUT2D eigenvalue weighted by Crippen LogP contribution is -2.35. The summed E-state index contributed by atoms with van der Waals surface area (Å²) < 4.78 is 1.21. The monoisotopic (exact) mass is 396 g/mol. The lowest BCUT2D eigenvalue weighted by Gasteiger charge is -2.09. The molecule has 3 rings (SSSR count). The van der Waals surface area contributed by atoms with Gasteiger partial charge in [0, 0.05) is 24.3 Å². The molecule has 1 aromatic carbocycles. The fourth-order valence-electron chi connectivity index (χ4n) is 2.72. The summed E-state index contributed by atoms with van der Waals surface area (Å²) in [4.78, 5) is 40.9. The summed E-state index contributed by atoms with van der Waals surface area (Å²) in [5.74, 6) is -0.832. The lowest BCUT2D eigenvalue weighted by atomic mass is 10.1. The molecule has 3 aromatic rings. The number of amides is 2. The van der Waals surface area contributed by atoms with Gasteiger partial charge >= 0.3 is 0 Å². The Balaban J connectivity index is 1.60. The zero-order valence-electron chi connectivity index (χ0n) is 15.3. The number of carbonyl (C=O) groups is 2. The fourth-order valence-corrected chi connectivity index (χ4v) is 3.26. The number of rotatable bonds is 7. The van der Waals surface area contributed by atoms with Crippen molar-refractivity contribution in [3.8, 4) is 0 Å². The predicted molar refractivity (Wildman–Crippen MR) is 109 cm³/mol. The van der Waals surface area contributed by atoms with E-state index in [9.17, 15) is 14.4 Å². The van der Waals surface area contributed by atoms with Crippen molar-refractivity contribution >= 4 is 28.3 Å². The highest BCUT2D eigenvalue weighted by atomic mass is 32.1. The molecule has 0 radical (unpaired) electrons. The first kappa shape index (κ1) is 19.5. The number of anilines is 1. The van der Waals surface area contributed by atoms with Crippen molar-refractivity contribution in [1.82, 2.24) is 14.9 Å². The Bertz CT molecular complexity index is 1030. The molecule has 2 amide bonds. The van der Waals surface area contributed by atoms with Gasteiger partial charge in [0.25, 0.3) is 11.5 Å². The number of nitrogens with zero attached hydrogens (tertiary/aromatic N) is 2. The standard InChI is InChI=1S/C20H20N4O3S/c1-14-4-2-5-15(12-14)7-8-21-18(26)16-6-3-10-24(19(16)27)13-17(25)23-20-22-9-11-28-20/h2-6,9-12H,7-8,13H2,1H3,(H,21,26)(H,22,23,25). The zero-order chi connectivity index (χ0) is 19.9. The normalized spacial score (nSPS) is 10.5. The first-order valence-corrected chi connectivity index (χ1v) is 9.63. The Morgan fingerprint density at radius 1 is 1.21 bits per heavy atom. The van der Waals surface area contributed by atoms with Crippen LogP contribution in [0.1, 0.15) is 21.5 Å². The van der Waals surface area contributed by atoms with Crippen molar-refractivity contribution in [2.24, 2.45) is 0 Å². The third-order valence-corrected chi connectivity index (χ3v) is 4.73. The highest BCUT2D eigenvalue weighted by Crippen LogP contribution is 2.10. The third kappa shape index (κ3) is 5.14. The second-order valence-electron chi connectivity index (χ2n) is 6.24. The van der Waals surface area contributed by atoms with Crippen LogP contribution in [0.5, 0.6) is 0 Å². The van der Waals surface area contributed by atoms with Crippen LogP contribution in [0, 0.1) is 6.92 Å². The molecule has 8 heteroatoms. The van der Waals surface area contributed by atoms with Crippen LogP contribution in [0.4, 0.5) is 5.13 Å². The molecule has 2 N–H and O–H groups in total. The van der Waals surface area contributed by atoms with E-state index in [1.807, 2.05) is 25.1 Å². The van der Waals surface area contributed by atoms with E-state index in [4.69, 9.17) is 0 Å². The van der Waals surface area contributed by atoms with E-state index in [1.54, 1.807) is 17.6 Å². The van der Waals surface area contributed by atoms with Crippen LogP contribution in [0.15, 0.2) is 59.0 Å². The Labute approximate surface area is 166 Å². The Hall–Kier alpha value is -3.26. The van der Waals surface area contributed by atoms with E-state index >= 15 is 0 Å². The summed E-state index contributed by atoms with van der Waals surface area (Å²) in [6, 6.07) is 11.1. The van der Waals surface area contributed by atoms with Gasteiger partial charge in [-0.25, -0.2) is 4.98 Å². The van der Waals surface area contributed by atoms with Crippen LogP contribution in [-0.4, -0.2) is 27.9 Å². The predicted octanol–water partition coefficient (Wildman–Crippen LogP) is 2.22. The molecule has 2 aromatic heterocycles. The molecule has 0 aliphatic rings. The first-order valence-electron chi connectivity index (χ1n) is 8.75. The summed E-state index contributed by atoms with van der Waals surface area (Å²) >= 11 is 1.29. The van der Waals surface area contributed by atoms with Crippen LogP contribution in [0.2, 0.25) is 0 Å². The number of hydrogen-bond acceptors (Lipinski definition) is 5. The molecular weight excluding hydrogens is 376 g/mol. The topological polar surface area (TPSA) is 93.1 Å². The fraction of sp³-hybridized carbons (Fsp3) is 0.200. The largest absolute Gasteiger partial charge is 0.352 e. The minimum atomic E-state index is -0.509. The number of aromatic nitrogens is 2. The van der Waals surface area contributed by atoms with Crippen molar-refractivity contribution in [3.63, 3.8) is 0 Å². The molecule has 2 heterocycles. The molecule has 28 heavy (non-hydrogen) atoms. The van der Waals surface area contributed by atoms with Gasteiger partial charge in [-0.1, -0.05) is 29.8 Å². The van der Waals surface area contributed by atoms with Crippen molar-refractivity contribution in [3.05, 3.63) is 81.2 Å². The maximum absolute atomic E-state index is 12.5. The maximum Gasteiger partial charge on any atom is 0.263 e. The number of carbonyl (C=O) groups excluding carboxylic acids is 2. The molecule has 0 aliphatic heterocycles. The zero-order valence-corrected chi connectivity index (χ0v) is 16.2. The maximum atomic E-state index is 12.5. The molecule has 0 unspecified atom stereocenters. The summed E-state index contributed by atoms with van der Waals surface area (Å²) in [6.07, 6.45) is 3.73. The van der Waals surface area contributed by atoms with E-state index in [1.165, 1.54) is 28.2 Å². The summed E-state index contributed by atoms with van der Waals surface area (Å²) in [5.41, 5.74) is 1.77. The molecule has 0 fully saturated rings. The molecule has 0 saturated carbocycles. The van der Waals surface area contributed by atoms with Crippen molar-refractivity contribution in [2.75, 3.05) is 11.9 Å². The number of thiazole rings is 1. The number of hydrogen-bond donors (Lipinski definition) is 2. The van der Waals surface area contributed by atoms with Crippen LogP contribution in [-0.2, 0) is 17.8 Å². The van der Waals surface area contributed by atoms with Gasteiger partial charge in [-0.2, -0.15) is 0 Å². The molecule has 0 saturated heterocycles. The Kier molecular flexibility index (Phi) is 6.33. The summed E-state index contributed by atoms with van der Waals surface area (Å²) in [7, 11) is 0. The van der Waals surface area contributed by atoms with Crippen LogP contribution in [0.25, 0.3) is 0 Å². The second-order valence-corrected chi connectivity index (χ2v) is 7.13. The second kappa shape index (κ2) is 9.09. The van der Waals surface area contributed by atoms with Crippen LogP contribution >= 0.6 is 11.3 Å². The molecule has 0 spiro atoms. The Morgan fingerprint density at radius 3 is 2.82 bits per heavy atom. The summed E-state index contributed by atoms with van der Waals surface area (Å²) in [5, 5.41) is 7.58. The highest BCUT2D eigenvalue weighted by Gasteiger charge is 2.14. The third-order valence-electron chi connectivity index (χ3n) is 4.04. The van der Waals surface area contributed by atoms with E-state index in [-0.39, 0.29) is 18.0 Å². The number of benzene rings is 1. The molecular formula is C20H20N4O3S. The number of aryl methyl sites for hydroxylation is 1. The van der Waals surface area contributed by atoms with Crippen molar-refractivity contribution in [1.29, 1.82) is 0 Å². The molecule has 0 aliphatic carbocycles. The van der Waals surface area contributed by atoms with Gasteiger partial charge in [-0.05, 0) is 31.0 Å². The van der Waals surface area contributed by atoms with Crippen molar-refractivity contribution in [2.45, 2.75) is 19.9 Å². The van der Waals surface area contributed by atoms with Gasteiger partial charge in [0.1, 0.15) is 12.1 Å². The molecule has 0 atom stereocenters. The molecule has 7 nitrogen and oxygen atoms in total. The van der Waals surface area contributed by atoms with E-state index in [0.717, 1.165) is 11.1 Å². The van der Waals surface area contributed by atoms with E-state index < -0.39 is 11.5 Å². The first-order chi connectivity index (χ1) is 13.5. The minimum Gasteiger partial charge on any atom is -0.352 e. The average Bonchev–Trinajstić information content (AvgIpc) is 3.16. The van der Waals surface area contributed by atoms with Crippen LogP contribution < -0.4 is 16.2 Å². The number of nitrogens with one attached hydrogen (secondary N) is 2. The van der Waals surface area contributed by atoms with Gasteiger partial charge < -0.3 is 15.2 Å². The van der Waals surface area contributed by atoms with E-state index in [0.29, 0.717) is 18.1 Å². The average molecular weight is 396 g/mol. The van der Waals surface area contributed by atoms with Crippen LogP contribution in [0.3, 0.4) is 0 Å². The SMILES string of the molecule is Cc1cccc(CCNC(=O)c2cccn(CC(=O)Nc3nccs3)c2=O)c1. The smallest absolute Gasteiger partial charge is 0.263 e. The summed E-state index contributed by atoms with van der Waals surface area (Å²) in [6.45, 7) is 2.24. The van der Waals surface area contributed by atoms with E-state index in [2.05, 4.69) is 21.7 Å². The molecule has 0 bridgehead atoms. The van der Waals surface area contributed by atoms with Gasteiger partial charge in [-0.15, -0.1) is 11.3 Å². The van der Waals surface area contributed by atoms with Crippen molar-refractivity contribution < 1.29 is 9.59 Å². The van der Waals surface area contributed by atoms with Gasteiger partial charge in [0.05, 0.1) is 0 Å².